The molecule has 0 aromatic rings. The zero-order valence-electron chi connectivity index (χ0n) is 11.5. The summed E-state index contributed by atoms with van der Waals surface area (Å²) in [6.07, 6.45) is 6.04. The zero-order chi connectivity index (χ0) is 14.3. The third kappa shape index (κ3) is 5.46. The summed E-state index contributed by atoms with van der Waals surface area (Å²) in [4.78, 5) is 11.9. The molecule has 1 saturated heterocycles. The maximum absolute atomic E-state index is 11.9. The number of nitrogens with zero attached hydrogens (tertiary/aromatic N) is 1. The first-order valence-electron chi connectivity index (χ1n) is 6.82. The quantitative estimate of drug-likeness (QED) is 0.620. The van der Waals surface area contributed by atoms with Gasteiger partial charge in [-0.25, -0.2) is 8.42 Å². The van der Waals surface area contributed by atoms with E-state index in [4.69, 9.17) is 5.11 Å². The van der Waals surface area contributed by atoms with Gasteiger partial charge in [-0.2, -0.15) is 4.31 Å². The van der Waals surface area contributed by atoms with Crippen LogP contribution in [-0.2, 0) is 14.8 Å². The third-order valence-electron chi connectivity index (χ3n) is 3.32. The van der Waals surface area contributed by atoms with E-state index in [-0.39, 0.29) is 12.5 Å². The highest BCUT2D eigenvalue weighted by Gasteiger charge is 2.36. The molecule has 0 aromatic heterocycles. The van der Waals surface area contributed by atoms with Crippen molar-refractivity contribution in [3.05, 3.63) is 0 Å². The van der Waals surface area contributed by atoms with E-state index in [1.54, 1.807) is 0 Å². The van der Waals surface area contributed by atoms with Gasteiger partial charge in [-0.3, -0.25) is 4.79 Å². The molecule has 1 amide bonds. The van der Waals surface area contributed by atoms with Crippen LogP contribution in [0.4, 0.5) is 0 Å². The van der Waals surface area contributed by atoms with Crippen molar-refractivity contribution < 1.29 is 18.3 Å². The minimum absolute atomic E-state index is 0.190. The minimum Gasteiger partial charge on any atom is -0.396 e. The molecule has 0 saturated carbocycles. The Balaban J connectivity index is 2.29. The summed E-state index contributed by atoms with van der Waals surface area (Å²) in [6, 6.07) is -0.535. The lowest BCUT2D eigenvalue weighted by Crippen LogP contribution is -2.45. The highest BCUT2D eigenvalue weighted by Crippen LogP contribution is 2.20. The largest absolute Gasteiger partial charge is 0.396 e. The summed E-state index contributed by atoms with van der Waals surface area (Å²) in [5.41, 5.74) is 0. The number of rotatable bonds is 8. The first-order chi connectivity index (χ1) is 8.96. The molecule has 112 valence electrons. The van der Waals surface area contributed by atoms with Gasteiger partial charge in [0.25, 0.3) is 0 Å². The summed E-state index contributed by atoms with van der Waals surface area (Å²) in [7, 11) is -3.29. The molecule has 1 fully saturated rings. The molecule has 6 nitrogen and oxygen atoms in total. The van der Waals surface area contributed by atoms with Crippen LogP contribution in [0.5, 0.6) is 0 Å². The molecule has 0 radical (unpaired) electrons. The van der Waals surface area contributed by atoms with Gasteiger partial charge >= 0.3 is 0 Å². The number of nitrogens with one attached hydrogen (secondary N) is 1. The van der Waals surface area contributed by atoms with Crippen LogP contribution in [0.3, 0.4) is 0 Å². The minimum atomic E-state index is -3.29. The Morgan fingerprint density at radius 3 is 2.63 bits per heavy atom. The van der Waals surface area contributed by atoms with Gasteiger partial charge in [0.15, 0.2) is 0 Å². The molecule has 0 aliphatic carbocycles. The fourth-order valence-electron chi connectivity index (χ4n) is 2.32. The molecule has 19 heavy (non-hydrogen) atoms. The van der Waals surface area contributed by atoms with Gasteiger partial charge in [0.05, 0.1) is 6.26 Å². The summed E-state index contributed by atoms with van der Waals surface area (Å²) in [5.74, 6) is -0.190. The summed E-state index contributed by atoms with van der Waals surface area (Å²) in [6.45, 7) is 1.21. The van der Waals surface area contributed by atoms with Crippen LogP contribution in [-0.4, -0.2) is 55.7 Å². The van der Waals surface area contributed by atoms with Gasteiger partial charge in [-0.15, -0.1) is 0 Å². The lowest BCUT2D eigenvalue weighted by molar-refractivity contribution is -0.124. The number of hydrogen-bond acceptors (Lipinski definition) is 4. The van der Waals surface area contributed by atoms with Crippen molar-refractivity contribution in [1.82, 2.24) is 9.62 Å². The van der Waals surface area contributed by atoms with Gasteiger partial charge in [-0.05, 0) is 25.7 Å². The Bertz CT molecular complexity index is 383. The summed E-state index contributed by atoms with van der Waals surface area (Å²) < 4.78 is 24.3. The Kier molecular flexibility index (Phi) is 6.74. The van der Waals surface area contributed by atoms with Crippen LogP contribution in [0.2, 0.25) is 0 Å². The number of hydrogen-bond donors (Lipinski definition) is 2. The lowest BCUT2D eigenvalue weighted by atomic mass is 10.2. The Morgan fingerprint density at radius 1 is 1.32 bits per heavy atom. The standard InChI is InChI=1S/C12H24N2O4S/c1-19(17,18)14-9-6-7-11(14)12(16)13-8-4-2-3-5-10-15/h11,15H,2-10H2,1H3,(H,13,16). The molecule has 1 heterocycles. The van der Waals surface area contributed by atoms with Crippen molar-refractivity contribution in [3.8, 4) is 0 Å². The molecule has 1 unspecified atom stereocenters. The molecule has 1 rings (SSSR count). The van der Waals surface area contributed by atoms with E-state index in [0.717, 1.165) is 38.4 Å². The van der Waals surface area contributed by atoms with Crippen molar-refractivity contribution in [2.24, 2.45) is 0 Å². The predicted molar refractivity (Wildman–Crippen MR) is 73.1 cm³/mol. The maximum Gasteiger partial charge on any atom is 0.238 e. The van der Waals surface area contributed by atoms with Gasteiger partial charge in [0.1, 0.15) is 6.04 Å². The van der Waals surface area contributed by atoms with Gasteiger partial charge in [-0.1, -0.05) is 12.8 Å². The fraction of sp³-hybridized carbons (Fsp3) is 0.917. The number of unbranched alkanes of at least 4 members (excludes halogenated alkanes) is 3. The maximum atomic E-state index is 11.9. The van der Waals surface area contributed by atoms with Crippen molar-refractivity contribution in [3.63, 3.8) is 0 Å². The number of aliphatic hydroxyl groups is 1. The smallest absolute Gasteiger partial charge is 0.238 e. The zero-order valence-corrected chi connectivity index (χ0v) is 12.3. The molecule has 2 N–H and O–H groups in total. The third-order valence-corrected chi connectivity index (χ3v) is 4.61. The normalized spacial score (nSPS) is 20.6. The highest BCUT2D eigenvalue weighted by atomic mass is 32.2. The average Bonchev–Trinajstić information content (AvgIpc) is 2.82. The van der Waals surface area contributed by atoms with Crippen LogP contribution >= 0.6 is 0 Å². The molecule has 1 atom stereocenters. The molecule has 1 aliphatic heterocycles. The van der Waals surface area contributed by atoms with E-state index < -0.39 is 16.1 Å². The number of carbonyl (C=O) groups is 1. The second-order valence-electron chi connectivity index (χ2n) is 4.96. The van der Waals surface area contributed by atoms with Crippen LogP contribution < -0.4 is 5.32 Å². The van der Waals surface area contributed by atoms with E-state index in [2.05, 4.69) is 5.32 Å². The van der Waals surface area contributed by atoms with E-state index >= 15 is 0 Å². The van der Waals surface area contributed by atoms with Crippen LogP contribution in [0.25, 0.3) is 0 Å². The molecular formula is C12H24N2O4S. The Hall–Kier alpha value is -0.660. The fourth-order valence-corrected chi connectivity index (χ4v) is 3.44. The second kappa shape index (κ2) is 7.81. The Labute approximate surface area is 115 Å². The number of aliphatic hydroxyl groups excluding tert-OH is 1. The monoisotopic (exact) mass is 292 g/mol. The first-order valence-corrected chi connectivity index (χ1v) is 8.67. The van der Waals surface area contributed by atoms with E-state index in [0.29, 0.717) is 19.5 Å². The summed E-state index contributed by atoms with van der Waals surface area (Å²) in [5, 5.41) is 11.4. The van der Waals surface area contributed by atoms with E-state index in [9.17, 15) is 13.2 Å². The number of sulfonamides is 1. The van der Waals surface area contributed by atoms with E-state index in [1.165, 1.54) is 4.31 Å². The van der Waals surface area contributed by atoms with Crippen LogP contribution in [0, 0.1) is 0 Å². The van der Waals surface area contributed by atoms with Crippen LogP contribution in [0.1, 0.15) is 38.5 Å². The Morgan fingerprint density at radius 2 is 2.00 bits per heavy atom. The van der Waals surface area contributed by atoms with Crippen molar-refractivity contribution in [2.75, 3.05) is 26.0 Å². The predicted octanol–water partition coefficient (Wildman–Crippen LogP) is 0.0793. The molecule has 0 spiro atoms. The molecule has 1 aliphatic rings. The van der Waals surface area contributed by atoms with Crippen molar-refractivity contribution in [1.29, 1.82) is 0 Å². The molecule has 0 aromatic carbocycles. The van der Waals surface area contributed by atoms with Crippen molar-refractivity contribution in [2.45, 2.75) is 44.6 Å². The first kappa shape index (κ1) is 16.4. The number of carbonyl (C=O) groups excluding carboxylic acids is 1. The number of amides is 1. The topological polar surface area (TPSA) is 86.7 Å². The average molecular weight is 292 g/mol. The molecule has 7 heteroatoms. The highest BCUT2D eigenvalue weighted by molar-refractivity contribution is 7.88. The lowest BCUT2D eigenvalue weighted by Gasteiger charge is -2.21. The van der Waals surface area contributed by atoms with Crippen LogP contribution in [0.15, 0.2) is 0 Å². The molecular weight excluding hydrogens is 268 g/mol. The second-order valence-corrected chi connectivity index (χ2v) is 6.90. The van der Waals surface area contributed by atoms with Gasteiger partial charge in [0.2, 0.25) is 15.9 Å². The van der Waals surface area contributed by atoms with Crippen molar-refractivity contribution >= 4 is 15.9 Å². The molecule has 0 bridgehead atoms. The van der Waals surface area contributed by atoms with E-state index in [1.807, 2.05) is 0 Å². The van der Waals surface area contributed by atoms with Gasteiger partial charge < -0.3 is 10.4 Å². The summed E-state index contributed by atoms with van der Waals surface area (Å²) >= 11 is 0. The SMILES string of the molecule is CS(=O)(=O)N1CCCC1C(=O)NCCCCCCO. The van der Waals surface area contributed by atoms with Gasteiger partial charge in [0, 0.05) is 19.7 Å².